The van der Waals surface area contributed by atoms with Gasteiger partial charge in [-0.15, -0.1) is 0 Å². The van der Waals surface area contributed by atoms with Crippen molar-refractivity contribution in [2.24, 2.45) is 5.73 Å². The van der Waals surface area contributed by atoms with Gasteiger partial charge in [-0.3, -0.25) is 4.79 Å². The summed E-state index contributed by atoms with van der Waals surface area (Å²) < 4.78 is 0. The van der Waals surface area contributed by atoms with Crippen molar-refractivity contribution in [2.45, 2.75) is 0 Å². The van der Waals surface area contributed by atoms with E-state index in [1.165, 1.54) is 4.90 Å². The van der Waals surface area contributed by atoms with Crippen LogP contribution in [0.3, 0.4) is 0 Å². The zero-order valence-corrected chi connectivity index (χ0v) is 8.60. The van der Waals surface area contributed by atoms with E-state index in [2.05, 4.69) is 0 Å². The number of hydrogen-bond acceptors (Lipinski definition) is 3. The molecule has 1 amide bonds. The maximum Gasteiger partial charge on any atom is 0.253 e. The van der Waals surface area contributed by atoms with E-state index in [0.29, 0.717) is 24.2 Å². The SMILES string of the molecule is CN(CCN)C(=O)c1cccc(C#N)c1. The highest BCUT2D eigenvalue weighted by atomic mass is 16.2. The van der Waals surface area contributed by atoms with Gasteiger partial charge >= 0.3 is 0 Å². The molecule has 0 saturated carbocycles. The Kier molecular flexibility index (Phi) is 3.83. The predicted octanol–water partition coefficient (Wildman–Crippen LogP) is 0.589. The second-order valence-corrected chi connectivity index (χ2v) is 3.21. The lowest BCUT2D eigenvalue weighted by atomic mass is 10.1. The molecule has 1 aromatic rings. The van der Waals surface area contributed by atoms with Crippen molar-refractivity contribution in [2.75, 3.05) is 20.1 Å². The number of rotatable bonds is 3. The lowest BCUT2D eigenvalue weighted by Gasteiger charge is -2.15. The molecule has 0 aliphatic heterocycles. The van der Waals surface area contributed by atoms with Crippen LogP contribution in [0.25, 0.3) is 0 Å². The molecule has 0 aromatic heterocycles. The molecule has 0 unspecified atom stereocenters. The molecule has 0 aliphatic rings. The Morgan fingerprint density at radius 1 is 1.60 bits per heavy atom. The third-order valence-corrected chi connectivity index (χ3v) is 2.05. The molecule has 0 fully saturated rings. The standard InChI is InChI=1S/C11H13N3O/c1-14(6-5-12)11(15)10-4-2-3-9(7-10)8-13/h2-4,7H,5-6,12H2,1H3. The molecule has 2 N–H and O–H groups in total. The van der Waals surface area contributed by atoms with Gasteiger partial charge < -0.3 is 10.6 Å². The van der Waals surface area contributed by atoms with Crippen molar-refractivity contribution in [3.05, 3.63) is 35.4 Å². The lowest BCUT2D eigenvalue weighted by Crippen LogP contribution is -2.31. The Morgan fingerprint density at radius 3 is 2.93 bits per heavy atom. The number of hydrogen-bond donors (Lipinski definition) is 1. The van der Waals surface area contributed by atoms with Gasteiger partial charge in [-0.2, -0.15) is 5.26 Å². The van der Waals surface area contributed by atoms with Crippen LogP contribution in [-0.2, 0) is 0 Å². The van der Waals surface area contributed by atoms with Crippen LogP contribution in [0.15, 0.2) is 24.3 Å². The van der Waals surface area contributed by atoms with Crippen LogP contribution in [0.1, 0.15) is 15.9 Å². The Balaban J connectivity index is 2.87. The molecule has 1 rings (SSSR count). The van der Waals surface area contributed by atoms with Gasteiger partial charge in [0, 0.05) is 25.7 Å². The van der Waals surface area contributed by atoms with Gasteiger partial charge in [0.15, 0.2) is 0 Å². The van der Waals surface area contributed by atoms with Gasteiger partial charge in [0.25, 0.3) is 5.91 Å². The number of likely N-dealkylation sites (N-methyl/N-ethyl adjacent to an activating group) is 1. The zero-order valence-electron chi connectivity index (χ0n) is 8.60. The van der Waals surface area contributed by atoms with Crippen LogP contribution in [0, 0.1) is 11.3 Å². The summed E-state index contributed by atoms with van der Waals surface area (Å²) in [5, 5.41) is 8.69. The summed E-state index contributed by atoms with van der Waals surface area (Å²) in [4.78, 5) is 13.3. The van der Waals surface area contributed by atoms with Crippen LogP contribution >= 0.6 is 0 Å². The van der Waals surface area contributed by atoms with Crippen LogP contribution in [0.5, 0.6) is 0 Å². The Labute approximate surface area is 88.9 Å². The van der Waals surface area contributed by atoms with Gasteiger partial charge in [0.1, 0.15) is 0 Å². The third kappa shape index (κ3) is 2.79. The minimum absolute atomic E-state index is 0.113. The molecule has 15 heavy (non-hydrogen) atoms. The predicted molar refractivity (Wildman–Crippen MR) is 57.2 cm³/mol. The number of carbonyl (C=O) groups excluding carboxylic acids is 1. The summed E-state index contributed by atoms with van der Waals surface area (Å²) in [6.07, 6.45) is 0. The molecule has 1 aromatic carbocycles. The van der Waals surface area contributed by atoms with Crippen LogP contribution in [0.4, 0.5) is 0 Å². The van der Waals surface area contributed by atoms with E-state index in [1.54, 1.807) is 31.3 Å². The van der Waals surface area contributed by atoms with Crippen molar-refractivity contribution >= 4 is 5.91 Å². The monoisotopic (exact) mass is 203 g/mol. The number of benzene rings is 1. The number of nitrogens with two attached hydrogens (primary N) is 1. The number of amides is 1. The maximum atomic E-state index is 11.8. The van der Waals surface area contributed by atoms with Crippen LogP contribution in [0.2, 0.25) is 0 Å². The molecular formula is C11H13N3O. The van der Waals surface area contributed by atoms with E-state index in [0.717, 1.165) is 0 Å². The van der Waals surface area contributed by atoms with Gasteiger partial charge in [-0.05, 0) is 18.2 Å². The first-order valence-corrected chi connectivity index (χ1v) is 4.64. The maximum absolute atomic E-state index is 11.8. The number of nitriles is 1. The van der Waals surface area contributed by atoms with E-state index < -0.39 is 0 Å². The molecule has 0 atom stereocenters. The second-order valence-electron chi connectivity index (χ2n) is 3.21. The molecular weight excluding hydrogens is 190 g/mol. The summed E-state index contributed by atoms with van der Waals surface area (Å²) >= 11 is 0. The smallest absolute Gasteiger partial charge is 0.253 e. The Hall–Kier alpha value is -1.86. The lowest BCUT2D eigenvalue weighted by molar-refractivity contribution is 0.0799. The molecule has 0 aliphatic carbocycles. The molecule has 4 heteroatoms. The van der Waals surface area contributed by atoms with E-state index in [4.69, 9.17) is 11.0 Å². The molecule has 0 bridgehead atoms. The first-order valence-electron chi connectivity index (χ1n) is 4.64. The molecule has 4 nitrogen and oxygen atoms in total. The quantitative estimate of drug-likeness (QED) is 0.781. The molecule has 0 heterocycles. The fourth-order valence-electron chi connectivity index (χ4n) is 1.24. The Bertz CT molecular complexity index is 395. The fourth-order valence-corrected chi connectivity index (χ4v) is 1.24. The van der Waals surface area contributed by atoms with Crippen molar-refractivity contribution in [1.82, 2.24) is 4.90 Å². The first kappa shape index (κ1) is 11.2. The molecule has 0 radical (unpaired) electrons. The van der Waals surface area contributed by atoms with E-state index >= 15 is 0 Å². The molecule has 78 valence electrons. The summed E-state index contributed by atoms with van der Waals surface area (Å²) in [5.74, 6) is -0.113. The molecule has 0 saturated heterocycles. The number of carbonyl (C=O) groups is 1. The van der Waals surface area contributed by atoms with Gasteiger partial charge in [0.2, 0.25) is 0 Å². The van der Waals surface area contributed by atoms with Crippen molar-refractivity contribution in [3.8, 4) is 6.07 Å². The normalized spacial score (nSPS) is 9.40. The minimum atomic E-state index is -0.113. The highest BCUT2D eigenvalue weighted by Crippen LogP contribution is 2.06. The summed E-state index contributed by atoms with van der Waals surface area (Å²) in [6, 6.07) is 8.63. The average molecular weight is 203 g/mol. The van der Waals surface area contributed by atoms with E-state index in [-0.39, 0.29) is 5.91 Å². The van der Waals surface area contributed by atoms with Crippen molar-refractivity contribution < 1.29 is 4.79 Å². The largest absolute Gasteiger partial charge is 0.340 e. The topological polar surface area (TPSA) is 70.1 Å². The zero-order chi connectivity index (χ0) is 11.3. The minimum Gasteiger partial charge on any atom is -0.340 e. The summed E-state index contributed by atoms with van der Waals surface area (Å²) in [6.45, 7) is 0.940. The van der Waals surface area contributed by atoms with Gasteiger partial charge in [-0.25, -0.2) is 0 Å². The van der Waals surface area contributed by atoms with E-state index in [9.17, 15) is 4.79 Å². The highest BCUT2D eigenvalue weighted by molar-refractivity contribution is 5.94. The average Bonchev–Trinajstić information content (AvgIpc) is 2.28. The summed E-state index contributed by atoms with van der Waals surface area (Å²) in [7, 11) is 1.69. The summed E-state index contributed by atoms with van der Waals surface area (Å²) in [5.41, 5.74) is 6.36. The van der Waals surface area contributed by atoms with Crippen molar-refractivity contribution in [1.29, 1.82) is 5.26 Å². The Morgan fingerprint density at radius 2 is 2.33 bits per heavy atom. The van der Waals surface area contributed by atoms with Crippen LogP contribution in [-0.4, -0.2) is 30.9 Å². The fraction of sp³-hybridized carbons (Fsp3) is 0.273. The first-order chi connectivity index (χ1) is 7.19. The third-order valence-electron chi connectivity index (χ3n) is 2.05. The molecule has 0 spiro atoms. The van der Waals surface area contributed by atoms with Crippen molar-refractivity contribution in [3.63, 3.8) is 0 Å². The highest BCUT2D eigenvalue weighted by Gasteiger charge is 2.10. The second kappa shape index (κ2) is 5.13. The van der Waals surface area contributed by atoms with Gasteiger partial charge in [-0.1, -0.05) is 6.07 Å². The number of nitrogens with zero attached hydrogens (tertiary/aromatic N) is 2. The van der Waals surface area contributed by atoms with Crippen LogP contribution < -0.4 is 5.73 Å². The van der Waals surface area contributed by atoms with Gasteiger partial charge in [0.05, 0.1) is 11.6 Å². The van der Waals surface area contributed by atoms with E-state index in [1.807, 2.05) is 6.07 Å².